The zero-order valence-electron chi connectivity index (χ0n) is 19.1. The normalized spacial score (nSPS) is 11.1. The number of carbonyl (C=O) groups excluding carboxylic acids is 1. The van der Waals surface area contributed by atoms with Crippen molar-refractivity contribution in [3.63, 3.8) is 0 Å². The van der Waals surface area contributed by atoms with Gasteiger partial charge in [0.2, 0.25) is 0 Å². The standard InChI is InChI=1S/C28H21N5OS2/c29-23-12-11-21(26-6-3-13-35-26)15-24(23)30-28(34)19-9-7-18(8-10-19)25-17-33(32-31-25)16-22-14-20-4-1-2-5-27(20)36-22/h1-15,17H,16,29H2,(H,30,34). The second kappa shape index (κ2) is 9.41. The lowest BCUT2D eigenvalue weighted by molar-refractivity contribution is 0.102. The number of nitrogen functional groups attached to an aromatic ring is 1. The number of rotatable bonds is 6. The van der Waals surface area contributed by atoms with Crippen LogP contribution in [0.4, 0.5) is 11.4 Å². The van der Waals surface area contributed by atoms with Crippen molar-refractivity contribution >= 4 is 50.0 Å². The molecule has 0 bridgehead atoms. The van der Waals surface area contributed by atoms with Crippen LogP contribution in [-0.4, -0.2) is 20.9 Å². The molecule has 6 nitrogen and oxygen atoms in total. The lowest BCUT2D eigenvalue weighted by Gasteiger charge is -2.10. The van der Waals surface area contributed by atoms with E-state index in [0.717, 1.165) is 21.7 Å². The zero-order chi connectivity index (χ0) is 24.5. The Morgan fingerprint density at radius 1 is 0.944 bits per heavy atom. The Hall–Kier alpha value is -4.27. The molecular weight excluding hydrogens is 486 g/mol. The van der Waals surface area contributed by atoms with E-state index < -0.39 is 0 Å². The Morgan fingerprint density at radius 3 is 2.58 bits per heavy atom. The summed E-state index contributed by atoms with van der Waals surface area (Å²) in [5.41, 5.74) is 10.5. The smallest absolute Gasteiger partial charge is 0.255 e. The van der Waals surface area contributed by atoms with E-state index in [1.807, 2.05) is 64.8 Å². The van der Waals surface area contributed by atoms with Crippen LogP contribution in [0.3, 0.4) is 0 Å². The SMILES string of the molecule is Nc1ccc(-c2cccs2)cc1NC(=O)c1ccc(-c2cn(Cc3cc4ccccc4s3)nn2)cc1. The number of hydrogen-bond acceptors (Lipinski definition) is 6. The summed E-state index contributed by atoms with van der Waals surface area (Å²) in [7, 11) is 0. The summed E-state index contributed by atoms with van der Waals surface area (Å²) in [5.74, 6) is -0.218. The largest absolute Gasteiger partial charge is 0.397 e. The maximum atomic E-state index is 12.9. The van der Waals surface area contributed by atoms with E-state index in [1.54, 1.807) is 34.8 Å². The first kappa shape index (κ1) is 22.2. The summed E-state index contributed by atoms with van der Waals surface area (Å²) >= 11 is 3.40. The van der Waals surface area contributed by atoms with Gasteiger partial charge < -0.3 is 11.1 Å². The first-order valence-electron chi connectivity index (χ1n) is 11.4. The van der Waals surface area contributed by atoms with Crippen LogP contribution < -0.4 is 11.1 Å². The van der Waals surface area contributed by atoms with Crippen molar-refractivity contribution in [1.29, 1.82) is 0 Å². The highest BCUT2D eigenvalue weighted by Crippen LogP contribution is 2.31. The summed E-state index contributed by atoms with van der Waals surface area (Å²) < 4.78 is 3.10. The molecular formula is C28H21N5OS2. The van der Waals surface area contributed by atoms with Crippen molar-refractivity contribution in [3.8, 4) is 21.7 Å². The second-order valence-corrected chi connectivity index (χ2v) is 10.5. The van der Waals surface area contributed by atoms with Gasteiger partial charge >= 0.3 is 0 Å². The van der Waals surface area contributed by atoms with Crippen LogP contribution in [0.25, 0.3) is 31.8 Å². The molecule has 8 heteroatoms. The molecule has 6 rings (SSSR count). The number of benzene rings is 3. The molecule has 36 heavy (non-hydrogen) atoms. The minimum atomic E-state index is -0.218. The van der Waals surface area contributed by atoms with Crippen molar-refractivity contribution in [1.82, 2.24) is 15.0 Å². The van der Waals surface area contributed by atoms with Crippen molar-refractivity contribution in [2.45, 2.75) is 6.54 Å². The number of carbonyl (C=O) groups is 1. The fourth-order valence-electron chi connectivity index (χ4n) is 4.03. The van der Waals surface area contributed by atoms with Crippen LogP contribution >= 0.6 is 22.7 Å². The highest BCUT2D eigenvalue weighted by molar-refractivity contribution is 7.19. The van der Waals surface area contributed by atoms with E-state index in [4.69, 9.17) is 5.73 Å². The third-order valence-electron chi connectivity index (χ3n) is 5.88. The van der Waals surface area contributed by atoms with Crippen molar-refractivity contribution in [3.05, 3.63) is 107 Å². The van der Waals surface area contributed by atoms with Crippen molar-refractivity contribution in [2.24, 2.45) is 0 Å². The molecule has 176 valence electrons. The molecule has 0 saturated heterocycles. The maximum absolute atomic E-state index is 12.9. The van der Waals surface area contributed by atoms with Gasteiger partial charge in [-0.3, -0.25) is 4.79 Å². The Bertz CT molecular complexity index is 1630. The number of nitrogens with two attached hydrogens (primary N) is 1. The molecule has 0 fully saturated rings. The number of nitrogens with zero attached hydrogens (tertiary/aromatic N) is 3. The molecule has 3 N–H and O–H groups in total. The summed E-state index contributed by atoms with van der Waals surface area (Å²) in [5, 5.41) is 14.8. The molecule has 0 aliphatic rings. The van der Waals surface area contributed by atoms with Crippen molar-refractivity contribution in [2.75, 3.05) is 11.1 Å². The van der Waals surface area contributed by atoms with Gasteiger partial charge in [-0.1, -0.05) is 47.7 Å². The minimum Gasteiger partial charge on any atom is -0.397 e. The number of fused-ring (bicyclic) bond motifs is 1. The molecule has 3 aromatic heterocycles. The van der Waals surface area contributed by atoms with E-state index >= 15 is 0 Å². The molecule has 1 amide bonds. The average molecular weight is 508 g/mol. The van der Waals surface area contributed by atoms with E-state index in [-0.39, 0.29) is 5.91 Å². The Kier molecular flexibility index (Phi) is 5.80. The van der Waals surface area contributed by atoms with Gasteiger partial charge in [-0.25, -0.2) is 4.68 Å². The molecule has 3 heterocycles. The number of aromatic nitrogens is 3. The van der Waals surface area contributed by atoms with E-state index in [1.165, 1.54) is 15.0 Å². The van der Waals surface area contributed by atoms with Gasteiger partial charge in [0.15, 0.2) is 0 Å². The van der Waals surface area contributed by atoms with E-state index in [9.17, 15) is 4.79 Å². The lowest BCUT2D eigenvalue weighted by atomic mass is 10.1. The molecule has 0 radical (unpaired) electrons. The van der Waals surface area contributed by atoms with Gasteiger partial charge in [0.05, 0.1) is 24.1 Å². The molecule has 0 aliphatic carbocycles. The van der Waals surface area contributed by atoms with E-state index in [0.29, 0.717) is 23.5 Å². The molecule has 0 atom stereocenters. The Balaban J connectivity index is 1.15. The summed E-state index contributed by atoms with van der Waals surface area (Å²) in [6, 6.07) is 27.6. The Labute approximate surface area is 215 Å². The summed E-state index contributed by atoms with van der Waals surface area (Å²) in [6.07, 6.45) is 1.93. The fraction of sp³-hybridized carbons (Fsp3) is 0.0357. The number of hydrogen-bond donors (Lipinski definition) is 2. The van der Waals surface area contributed by atoms with Crippen LogP contribution in [-0.2, 0) is 6.54 Å². The molecule has 0 unspecified atom stereocenters. The van der Waals surface area contributed by atoms with Gasteiger partial charge in [0, 0.05) is 25.6 Å². The molecule has 0 saturated carbocycles. The van der Waals surface area contributed by atoms with Crippen LogP contribution in [0.15, 0.2) is 96.5 Å². The van der Waals surface area contributed by atoms with Gasteiger partial charge in [-0.05, 0) is 58.8 Å². The third kappa shape index (κ3) is 4.51. The summed E-state index contributed by atoms with van der Waals surface area (Å²) in [4.78, 5) is 15.2. The van der Waals surface area contributed by atoms with Crippen LogP contribution in [0.5, 0.6) is 0 Å². The number of amides is 1. The van der Waals surface area contributed by atoms with Crippen LogP contribution in [0.1, 0.15) is 15.2 Å². The number of thiophene rings is 2. The van der Waals surface area contributed by atoms with Crippen molar-refractivity contribution < 1.29 is 4.79 Å². The van der Waals surface area contributed by atoms with E-state index in [2.05, 4.69) is 39.9 Å². The van der Waals surface area contributed by atoms with Gasteiger partial charge in [-0.15, -0.1) is 27.8 Å². The Morgan fingerprint density at radius 2 is 1.78 bits per heavy atom. The predicted molar refractivity (Wildman–Crippen MR) is 149 cm³/mol. The highest BCUT2D eigenvalue weighted by atomic mass is 32.1. The maximum Gasteiger partial charge on any atom is 0.255 e. The average Bonchev–Trinajstić information content (AvgIpc) is 3.66. The third-order valence-corrected chi connectivity index (χ3v) is 7.90. The fourth-order valence-corrected chi connectivity index (χ4v) is 5.81. The molecule has 6 aromatic rings. The lowest BCUT2D eigenvalue weighted by Crippen LogP contribution is -2.13. The second-order valence-electron chi connectivity index (χ2n) is 8.36. The first-order valence-corrected chi connectivity index (χ1v) is 13.0. The number of nitrogens with one attached hydrogen (secondary N) is 1. The zero-order valence-corrected chi connectivity index (χ0v) is 20.7. The predicted octanol–water partition coefficient (Wildman–Crippen LogP) is 6.77. The summed E-state index contributed by atoms with van der Waals surface area (Å²) in [6.45, 7) is 0.665. The van der Waals surface area contributed by atoms with Gasteiger partial charge in [0.25, 0.3) is 5.91 Å². The van der Waals surface area contributed by atoms with Gasteiger partial charge in [-0.2, -0.15) is 0 Å². The van der Waals surface area contributed by atoms with Gasteiger partial charge in [0.1, 0.15) is 5.69 Å². The quantitative estimate of drug-likeness (QED) is 0.244. The minimum absolute atomic E-state index is 0.218. The number of anilines is 2. The monoisotopic (exact) mass is 507 g/mol. The molecule has 0 spiro atoms. The van der Waals surface area contributed by atoms with Crippen LogP contribution in [0.2, 0.25) is 0 Å². The highest BCUT2D eigenvalue weighted by Gasteiger charge is 2.12. The molecule has 0 aliphatic heterocycles. The first-order chi connectivity index (χ1) is 17.6. The molecule has 3 aromatic carbocycles. The van der Waals surface area contributed by atoms with Crippen LogP contribution in [0, 0.1) is 0 Å². The topological polar surface area (TPSA) is 85.8 Å².